The van der Waals surface area contributed by atoms with Gasteiger partial charge in [0.2, 0.25) is 0 Å². The van der Waals surface area contributed by atoms with Crippen molar-refractivity contribution in [2.24, 2.45) is 0 Å². The highest BCUT2D eigenvalue weighted by molar-refractivity contribution is 7.94. The molecule has 3 N–H and O–H groups in total. The molecule has 5 nitrogen and oxygen atoms in total. The van der Waals surface area contributed by atoms with Crippen LogP contribution in [0.15, 0.2) is 52.2 Å². The molecule has 0 unspecified atom stereocenters. The van der Waals surface area contributed by atoms with E-state index in [1.165, 1.54) is 6.07 Å². The van der Waals surface area contributed by atoms with Crippen LogP contribution in [0.5, 0.6) is 0 Å². The van der Waals surface area contributed by atoms with Crippen LogP contribution in [-0.2, 0) is 10.0 Å². The van der Waals surface area contributed by atoms with E-state index < -0.39 is 10.0 Å². The number of pyridine rings is 1. The Morgan fingerprint density at radius 1 is 1.20 bits per heavy atom. The van der Waals surface area contributed by atoms with E-state index in [1.807, 2.05) is 6.07 Å². The van der Waals surface area contributed by atoms with Gasteiger partial charge in [0.05, 0.1) is 5.52 Å². The highest BCUT2D eigenvalue weighted by Gasteiger charge is 2.16. The smallest absolute Gasteiger partial charge is 0.271 e. The van der Waals surface area contributed by atoms with Crippen LogP contribution in [0.1, 0.15) is 0 Å². The molecule has 2 heterocycles. The van der Waals surface area contributed by atoms with Crippen molar-refractivity contribution in [1.29, 1.82) is 0 Å². The van der Waals surface area contributed by atoms with Crippen molar-refractivity contribution in [1.82, 2.24) is 4.98 Å². The SMILES string of the molecule is Nc1csc(S(=O)(=O)Nc2ccc3ncccc3c2)c1. The number of nitrogens with two attached hydrogens (primary N) is 1. The standard InChI is InChI=1S/C13H11N3O2S2/c14-10-7-13(19-8-10)20(17,18)16-11-3-4-12-9(6-11)2-1-5-15-12/h1-8,16H,14H2. The molecule has 20 heavy (non-hydrogen) atoms. The largest absolute Gasteiger partial charge is 0.398 e. The molecule has 3 aromatic rings. The first kappa shape index (κ1) is 12.9. The lowest BCUT2D eigenvalue weighted by molar-refractivity contribution is 0.603. The van der Waals surface area contributed by atoms with E-state index in [0.717, 1.165) is 22.2 Å². The minimum atomic E-state index is -3.59. The van der Waals surface area contributed by atoms with E-state index >= 15 is 0 Å². The predicted molar refractivity (Wildman–Crippen MR) is 81.3 cm³/mol. The van der Waals surface area contributed by atoms with E-state index in [0.29, 0.717) is 11.4 Å². The van der Waals surface area contributed by atoms with Crippen LogP contribution in [0.25, 0.3) is 10.9 Å². The molecule has 1 aromatic carbocycles. The van der Waals surface area contributed by atoms with Crippen molar-refractivity contribution < 1.29 is 8.42 Å². The third-order valence-electron chi connectivity index (χ3n) is 2.72. The first-order valence-electron chi connectivity index (χ1n) is 5.76. The number of nitrogens with one attached hydrogen (secondary N) is 1. The maximum absolute atomic E-state index is 12.2. The quantitative estimate of drug-likeness (QED) is 0.779. The zero-order valence-corrected chi connectivity index (χ0v) is 11.9. The van der Waals surface area contributed by atoms with Gasteiger partial charge in [-0.3, -0.25) is 9.71 Å². The van der Waals surface area contributed by atoms with Crippen LogP contribution in [0.2, 0.25) is 0 Å². The highest BCUT2D eigenvalue weighted by atomic mass is 32.2. The maximum atomic E-state index is 12.2. The third kappa shape index (κ3) is 2.45. The van der Waals surface area contributed by atoms with Gasteiger partial charge in [0.1, 0.15) is 4.21 Å². The molecule has 0 saturated carbocycles. The van der Waals surface area contributed by atoms with Crippen molar-refractivity contribution in [3.63, 3.8) is 0 Å². The number of rotatable bonds is 3. The molecule has 0 aliphatic rings. The third-order valence-corrected chi connectivity index (χ3v) is 5.55. The van der Waals surface area contributed by atoms with Crippen LogP contribution in [-0.4, -0.2) is 13.4 Å². The molecule has 0 saturated heterocycles. The molecular weight excluding hydrogens is 294 g/mol. The Morgan fingerprint density at radius 2 is 2.05 bits per heavy atom. The molecule has 0 radical (unpaired) electrons. The zero-order valence-electron chi connectivity index (χ0n) is 10.3. The number of benzene rings is 1. The maximum Gasteiger partial charge on any atom is 0.271 e. The van der Waals surface area contributed by atoms with E-state index in [-0.39, 0.29) is 4.21 Å². The minimum Gasteiger partial charge on any atom is -0.398 e. The van der Waals surface area contributed by atoms with Gasteiger partial charge in [-0.05, 0) is 30.3 Å². The van der Waals surface area contributed by atoms with Gasteiger partial charge in [-0.15, -0.1) is 11.3 Å². The number of sulfonamides is 1. The number of nitrogen functional groups attached to an aromatic ring is 1. The lowest BCUT2D eigenvalue weighted by Crippen LogP contribution is -2.11. The average Bonchev–Trinajstić information content (AvgIpc) is 2.86. The number of fused-ring (bicyclic) bond motifs is 1. The van der Waals surface area contributed by atoms with Crippen LogP contribution < -0.4 is 10.5 Å². The van der Waals surface area contributed by atoms with Gasteiger partial charge in [-0.2, -0.15) is 0 Å². The summed E-state index contributed by atoms with van der Waals surface area (Å²) in [5, 5.41) is 2.47. The topological polar surface area (TPSA) is 85.1 Å². The first-order chi connectivity index (χ1) is 9.54. The van der Waals surface area contributed by atoms with E-state index in [1.54, 1.807) is 35.8 Å². The first-order valence-corrected chi connectivity index (χ1v) is 8.12. The summed E-state index contributed by atoms with van der Waals surface area (Å²) in [6, 6.07) is 10.3. The van der Waals surface area contributed by atoms with Gasteiger partial charge in [-0.1, -0.05) is 6.07 Å². The van der Waals surface area contributed by atoms with Gasteiger partial charge in [0.15, 0.2) is 0 Å². The summed E-state index contributed by atoms with van der Waals surface area (Å²) in [5.41, 5.74) is 7.31. The number of aromatic nitrogens is 1. The van der Waals surface area contributed by atoms with Crippen molar-refractivity contribution in [2.75, 3.05) is 10.5 Å². The molecule has 0 aliphatic carbocycles. The highest BCUT2D eigenvalue weighted by Crippen LogP contribution is 2.25. The second kappa shape index (κ2) is 4.77. The molecule has 2 aromatic heterocycles. The van der Waals surface area contributed by atoms with Crippen LogP contribution >= 0.6 is 11.3 Å². The van der Waals surface area contributed by atoms with E-state index in [2.05, 4.69) is 9.71 Å². The van der Waals surface area contributed by atoms with Crippen LogP contribution in [0.3, 0.4) is 0 Å². The molecular formula is C13H11N3O2S2. The number of hydrogen-bond acceptors (Lipinski definition) is 5. The summed E-state index contributed by atoms with van der Waals surface area (Å²) in [4.78, 5) is 4.19. The monoisotopic (exact) mass is 305 g/mol. The Kier molecular flexibility index (Phi) is 3.07. The van der Waals surface area contributed by atoms with E-state index in [4.69, 9.17) is 5.73 Å². The summed E-state index contributed by atoms with van der Waals surface area (Å²) in [7, 11) is -3.59. The average molecular weight is 305 g/mol. The molecule has 0 atom stereocenters. The summed E-state index contributed by atoms with van der Waals surface area (Å²) < 4.78 is 27.1. The fourth-order valence-electron chi connectivity index (χ4n) is 1.82. The van der Waals surface area contributed by atoms with E-state index in [9.17, 15) is 8.42 Å². The Bertz CT molecular complexity index is 872. The minimum absolute atomic E-state index is 0.196. The van der Waals surface area contributed by atoms with Gasteiger partial charge in [0, 0.05) is 28.3 Å². The molecule has 0 amide bonds. The number of anilines is 2. The van der Waals surface area contributed by atoms with Crippen molar-refractivity contribution in [3.05, 3.63) is 48.0 Å². The van der Waals surface area contributed by atoms with Gasteiger partial charge >= 0.3 is 0 Å². The van der Waals surface area contributed by atoms with Gasteiger partial charge in [-0.25, -0.2) is 8.42 Å². The van der Waals surface area contributed by atoms with Crippen LogP contribution in [0, 0.1) is 0 Å². The molecule has 102 valence electrons. The summed E-state index contributed by atoms with van der Waals surface area (Å²) in [6.45, 7) is 0. The summed E-state index contributed by atoms with van der Waals surface area (Å²) in [6.07, 6.45) is 1.70. The van der Waals surface area contributed by atoms with Gasteiger partial charge in [0.25, 0.3) is 10.0 Å². The van der Waals surface area contributed by atoms with Crippen molar-refractivity contribution >= 4 is 43.6 Å². The lowest BCUT2D eigenvalue weighted by atomic mass is 10.2. The Labute approximate surface area is 120 Å². The lowest BCUT2D eigenvalue weighted by Gasteiger charge is -2.07. The van der Waals surface area contributed by atoms with Crippen LogP contribution in [0.4, 0.5) is 11.4 Å². The Balaban J connectivity index is 1.96. The van der Waals surface area contributed by atoms with Crippen molar-refractivity contribution in [2.45, 2.75) is 4.21 Å². The summed E-state index contributed by atoms with van der Waals surface area (Å²) >= 11 is 1.09. The molecule has 0 fully saturated rings. The molecule has 0 spiro atoms. The second-order valence-electron chi connectivity index (χ2n) is 4.22. The number of hydrogen-bond donors (Lipinski definition) is 2. The van der Waals surface area contributed by atoms with Gasteiger partial charge < -0.3 is 5.73 Å². The molecule has 3 rings (SSSR count). The number of thiophene rings is 1. The Morgan fingerprint density at radius 3 is 2.80 bits per heavy atom. The molecule has 7 heteroatoms. The predicted octanol–water partition coefficient (Wildman–Crippen LogP) is 2.68. The van der Waals surface area contributed by atoms with Crippen molar-refractivity contribution in [3.8, 4) is 0 Å². The molecule has 0 aliphatic heterocycles. The number of nitrogens with zero attached hydrogens (tertiary/aromatic N) is 1. The fourth-order valence-corrected chi connectivity index (χ4v) is 3.95. The normalized spacial score (nSPS) is 11.6. The molecule has 0 bridgehead atoms. The fraction of sp³-hybridized carbons (Fsp3) is 0. The second-order valence-corrected chi connectivity index (χ2v) is 7.04. The Hall–Kier alpha value is -2.12. The summed E-state index contributed by atoms with van der Waals surface area (Å²) in [5.74, 6) is 0. The zero-order chi connectivity index (χ0) is 14.2.